The fourth-order valence-electron chi connectivity index (χ4n) is 2.85. The molecule has 0 saturated carbocycles. The molecule has 0 aromatic heterocycles. The number of carbonyl (C=O) groups excluding carboxylic acids is 3. The third-order valence-electron chi connectivity index (χ3n) is 4.31. The molecule has 1 fully saturated rings. The summed E-state index contributed by atoms with van der Waals surface area (Å²) in [6.45, 7) is 8.43. The first kappa shape index (κ1) is 19.2. The van der Waals surface area contributed by atoms with Crippen LogP contribution in [0.3, 0.4) is 0 Å². The number of piperidine rings is 1. The molecule has 0 unspecified atom stereocenters. The predicted molar refractivity (Wildman–Crippen MR) is 95.7 cm³/mol. The fraction of sp³-hybridized carbons (Fsp3) is 0.550. The van der Waals surface area contributed by atoms with Crippen LogP contribution < -0.4 is 0 Å². The fourth-order valence-corrected chi connectivity index (χ4v) is 2.85. The van der Waals surface area contributed by atoms with Crippen molar-refractivity contribution in [2.24, 2.45) is 5.92 Å². The quantitative estimate of drug-likeness (QED) is 0.615. The summed E-state index contributed by atoms with van der Waals surface area (Å²) in [4.78, 5) is 38.3. The van der Waals surface area contributed by atoms with Crippen molar-refractivity contribution in [3.63, 3.8) is 0 Å². The number of aryl methyl sites for hydroxylation is 1. The third kappa shape index (κ3) is 5.69. The number of nitrogens with zero attached hydrogens (tertiary/aromatic N) is 1. The molecular formula is C20H27NO4. The van der Waals surface area contributed by atoms with Crippen molar-refractivity contribution in [3.8, 4) is 0 Å². The highest BCUT2D eigenvalue weighted by atomic mass is 16.6. The Balaban J connectivity index is 1.84. The van der Waals surface area contributed by atoms with Crippen molar-refractivity contribution < 1.29 is 19.1 Å². The highest BCUT2D eigenvalue weighted by Crippen LogP contribution is 2.22. The second kappa shape index (κ2) is 7.81. The van der Waals surface area contributed by atoms with Crippen LogP contribution in [-0.4, -0.2) is 41.3 Å². The van der Waals surface area contributed by atoms with Crippen LogP contribution in [0.25, 0.3) is 0 Å². The molecule has 1 saturated heterocycles. The maximum absolute atomic E-state index is 12.4. The molecule has 2 rings (SSSR count). The molecule has 1 amide bonds. The van der Waals surface area contributed by atoms with Crippen LogP contribution in [0.4, 0.5) is 4.79 Å². The van der Waals surface area contributed by atoms with E-state index in [9.17, 15) is 14.4 Å². The van der Waals surface area contributed by atoms with Crippen molar-refractivity contribution in [2.45, 2.75) is 52.6 Å². The minimum atomic E-state index is -0.524. The van der Waals surface area contributed by atoms with Gasteiger partial charge in [0.05, 0.1) is 6.42 Å². The highest BCUT2D eigenvalue weighted by Gasteiger charge is 2.30. The van der Waals surface area contributed by atoms with E-state index in [1.807, 2.05) is 39.8 Å². The molecule has 25 heavy (non-hydrogen) atoms. The Labute approximate surface area is 149 Å². The number of hydrogen-bond donors (Lipinski definition) is 0. The first-order chi connectivity index (χ1) is 11.7. The Kier molecular flexibility index (Phi) is 5.98. The number of ketones is 2. The normalized spacial score (nSPS) is 15.8. The zero-order valence-corrected chi connectivity index (χ0v) is 15.5. The van der Waals surface area contributed by atoms with Gasteiger partial charge in [0, 0.05) is 24.6 Å². The van der Waals surface area contributed by atoms with E-state index in [0.717, 1.165) is 5.56 Å². The molecule has 1 aromatic carbocycles. The van der Waals surface area contributed by atoms with Crippen LogP contribution in [0, 0.1) is 12.8 Å². The van der Waals surface area contributed by atoms with Crippen molar-refractivity contribution in [1.82, 2.24) is 4.90 Å². The molecule has 1 aliphatic heterocycles. The lowest BCUT2D eigenvalue weighted by Crippen LogP contribution is -2.43. The van der Waals surface area contributed by atoms with Gasteiger partial charge in [-0.15, -0.1) is 0 Å². The molecule has 1 aliphatic rings. The van der Waals surface area contributed by atoms with E-state index in [0.29, 0.717) is 31.5 Å². The first-order valence-corrected chi connectivity index (χ1v) is 8.76. The monoisotopic (exact) mass is 345 g/mol. The molecule has 136 valence electrons. The summed E-state index contributed by atoms with van der Waals surface area (Å²) in [5.74, 6) is -0.331. The van der Waals surface area contributed by atoms with Gasteiger partial charge in [-0.1, -0.05) is 29.8 Å². The summed E-state index contributed by atoms with van der Waals surface area (Å²) in [6.07, 6.45) is 0.757. The van der Waals surface area contributed by atoms with Crippen molar-refractivity contribution >= 4 is 17.7 Å². The molecule has 1 aromatic rings. The summed E-state index contributed by atoms with van der Waals surface area (Å²) in [5.41, 5.74) is 1.13. The van der Waals surface area contributed by atoms with Gasteiger partial charge in [-0.25, -0.2) is 4.79 Å². The van der Waals surface area contributed by atoms with Crippen molar-refractivity contribution in [1.29, 1.82) is 0 Å². The van der Waals surface area contributed by atoms with E-state index in [-0.39, 0.29) is 30.0 Å². The van der Waals surface area contributed by atoms with Gasteiger partial charge in [0.15, 0.2) is 5.78 Å². The Bertz CT molecular complexity index is 635. The highest BCUT2D eigenvalue weighted by molar-refractivity contribution is 6.08. The predicted octanol–water partition coefficient (Wildman–Crippen LogP) is 3.78. The molecule has 0 aliphatic carbocycles. The third-order valence-corrected chi connectivity index (χ3v) is 4.31. The lowest BCUT2D eigenvalue weighted by Gasteiger charge is -2.32. The summed E-state index contributed by atoms with van der Waals surface area (Å²) in [5, 5.41) is 0. The Morgan fingerprint density at radius 1 is 1.08 bits per heavy atom. The first-order valence-electron chi connectivity index (χ1n) is 8.76. The maximum atomic E-state index is 12.4. The smallest absolute Gasteiger partial charge is 0.410 e. The Morgan fingerprint density at radius 3 is 2.16 bits per heavy atom. The minimum absolute atomic E-state index is 0.0330. The van der Waals surface area contributed by atoms with Gasteiger partial charge < -0.3 is 9.64 Å². The van der Waals surface area contributed by atoms with Crippen molar-refractivity contribution in [2.75, 3.05) is 13.1 Å². The zero-order valence-electron chi connectivity index (χ0n) is 15.5. The van der Waals surface area contributed by atoms with Crippen LogP contribution in [0.1, 0.15) is 56.0 Å². The van der Waals surface area contributed by atoms with E-state index >= 15 is 0 Å². The lowest BCUT2D eigenvalue weighted by atomic mass is 9.89. The average molecular weight is 345 g/mol. The van der Waals surface area contributed by atoms with Crippen LogP contribution in [0.5, 0.6) is 0 Å². The molecular weight excluding hydrogens is 318 g/mol. The standard InChI is InChI=1S/C20H27NO4/c1-14-5-7-15(8-6-14)17(22)13-18(23)16-9-11-21(12-10-16)19(24)25-20(2,3)4/h5-8,16H,9-13H2,1-4H3. The number of carbonyl (C=O) groups is 3. The van der Waals surface area contributed by atoms with Crippen molar-refractivity contribution in [3.05, 3.63) is 35.4 Å². The summed E-state index contributed by atoms with van der Waals surface area (Å²) < 4.78 is 5.35. The topological polar surface area (TPSA) is 63.7 Å². The number of likely N-dealkylation sites (tertiary alicyclic amines) is 1. The molecule has 0 spiro atoms. The van der Waals surface area contributed by atoms with Crippen LogP contribution in [0.15, 0.2) is 24.3 Å². The van der Waals surface area contributed by atoms with Crippen LogP contribution >= 0.6 is 0 Å². The van der Waals surface area contributed by atoms with Gasteiger partial charge in [0.2, 0.25) is 0 Å². The van der Waals surface area contributed by atoms with E-state index in [1.165, 1.54) is 0 Å². The zero-order chi connectivity index (χ0) is 18.6. The lowest BCUT2D eigenvalue weighted by molar-refractivity contribution is -0.123. The van der Waals surface area contributed by atoms with Crippen LogP contribution in [0.2, 0.25) is 0 Å². The molecule has 5 heteroatoms. The van der Waals surface area contributed by atoms with E-state index < -0.39 is 5.60 Å². The largest absolute Gasteiger partial charge is 0.444 e. The van der Waals surface area contributed by atoms with Crippen LogP contribution in [-0.2, 0) is 9.53 Å². The number of amides is 1. The van der Waals surface area contributed by atoms with E-state index in [2.05, 4.69) is 0 Å². The number of hydrogen-bond acceptors (Lipinski definition) is 4. The molecule has 0 bridgehead atoms. The van der Waals surface area contributed by atoms with Gasteiger partial charge >= 0.3 is 6.09 Å². The maximum Gasteiger partial charge on any atom is 0.410 e. The molecule has 5 nitrogen and oxygen atoms in total. The second-order valence-electron chi connectivity index (χ2n) is 7.67. The summed E-state index contributed by atoms with van der Waals surface area (Å²) in [7, 11) is 0. The van der Waals surface area contributed by atoms with Gasteiger partial charge in [-0.2, -0.15) is 0 Å². The van der Waals surface area contributed by atoms with Gasteiger partial charge in [-0.3, -0.25) is 9.59 Å². The molecule has 1 heterocycles. The Morgan fingerprint density at radius 2 is 1.64 bits per heavy atom. The van der Waals surface area contributed by atoms with Gasteiger partial charge in [-0.05, 0) is 40.5 Å². The van der Waals surface area contributed by atoms with Gasteiger partial charge in [0.25, 0.3) is 0 Å². The second-order valence-corrected chi connectivity index (χ2v) is 7.67. The SMILES string of the molecule is Cc1ccc(C(=O)CC(=O)C2CCN(C(=O)OC(C)(C)C)CC2)cc1. The molecule has 0 radical (unpaired) electrons. The summed E-state index contributed by atoms with van der Waals surface area (Å²) >= 11 is 0. The van der Waals surface area contributed by atoms with E-state index in [4.69, 9.17) is 4.74 Å². The number of ether oxygens (including phenoxy) is 1. The minimum Gasteiger partial charge on any atom is -0.444 e. The van der Waals surface area contributed by atoms with E-state index in [1.54, 1.807) is 17.0 Å². The number of benzene rings is 1. The number of rotatable bonds is 4. The summed E-state index contributed by atoms with van der Waals surface area (Å²) in [6, 6.07) is 7.26. The number of Topliss-reactive ketones (excluding diaryl/α,β-unsaturated/α-hetero) is 2. The Hall–Kier alpha value is -2.17. The molecule has 0 N–H and O–H groups in total. The average Bonchev–Trinajstić information content (AvgIpc) is 2.54. The van der Waals surface area contributed by atoms with Gasteiger partial charge in [0.1, 0.15) is 11.4 Å². The molecule has 0 atom stereocenters.